The predicted octanol–water partition coefficient (Wildman–Crippen LogP) is 2.58. The number of hydrogen-bond acceptors (Lipinski definition) is 9. The fraction of sp³-hybridized carbons (Fsp3) is 0.519. The van der Waals surface area contributed by atoms with Crippen LogP contribution in [0.25, 0.3) is 10.2 Å². The number of aromatic nitrogens is 2. The second kappa shape index (κ2) is 9.50. The van der Waals surface area contributed by atoms with Crippen LogP contribution in [0.1, 0.15) is 45.9 Å². The first kappa shape index (κ1) is 24.5. The van der Waals surface area contributed by atoms with Crippen LogP contribution >= 0.6 is 11.3 Å². The lowest BCUT2D eigenvalue weighted by molar-refractivity contribution is -0.0383. The maximum absolute atomic E-state index is 13.1. The van der Waals surface area contributed by atoms with Crippen molar-refractivity contribution in [3.05, 3.63) is 46.1 Å². The summed E-state index contributed by atoms with van der Waals surface area (Å²) in [5.41, 5.74) is 16.3. The molecular weight excluding hydrogens is 488 g/mol. The number of nitrogens with zero attached hydrogens (tertiary/aromatic N) is 3. The van der Waals surface area contributed by atoms with Gasteiger partial charge in [-0.3, -0.25) is 4.79 Å². The monoisotopic (exact) mass is 522 g/mol. The number of pyridine rings is 2. The molecule has 37 heavy (non-hydrogen) atoms. The first-order valence-corrected chi connectivity index (χ1v) is 13.8. The van der Waals surface area contributed by atoms with Crippen LogP contribution in [0.3, 0.4) is 0 Å². The first-order chi connectivity index (χ1) is 17.8. The molecule has 0 spiro atoms. The number of fused-ring (bicyclic) bond motifs is 2. The van der Waals surface area contributed by atoms with E-state index in [0.29, 0.717) is 17.2 Å². The Balaban J connectivity index is 1.08. The maximum Gasteiger partial charge on any atom is 0.263 e. The summed E-state index contributed by atoms with van der Waals surface area (Å²) in [5.74, 6) is 0.811. The number of carbonyl (C=O) groups is 1. The standard InChI is InChI=1S/C27H34N6O3S/c1-15-3-6-18-23(29)24(37-26(18)30-15)25(34)31-17-5-7-20-16(11-17)4-8-22(32-20)33-12-19(28)21(13-33)36-14-27(35-2)9-10-27/h3-4,6,8,17,19,21H,5,7,9-14,28-29H2,1-2H3,(H,31,34). The van der Waals surface area contributed by atoms with Crippen molar-refractivity contribution in [2.24, 2.45) is 5.73 Å². The summed E-state index contributed by atoms with van der Waals surface area (Å²) in [7, 11) is 1.75. The lowest BCUT2D eigenvalue weighted by Gasteiger charge is -2.26. The molecule has 3 atom stereocenters. The fourth-order valence-corrected chi connectivity index (χ4v) is 6.42. The third-order valence-electron chi connectivity index (χ3n) is 7.96. The Bertz CT molecular complexity index is 1340. The fourth-order valence-electron chi connectivity index (χ4n) is 5.38. The summed E-state index contributed by atoms with van der Waals surface area (Å²) in [6.07, 6.45) is 4.48. The quantitative estimate of drug-likeness (QED) is 0.432. The SMILES string of the molecule is COC1(COC2CN(c3ccc4c(n3)CCC(NC(=O)c3sc5nc(C)ccc5c3N)C4)CC2N)CC1. The zero-order chi connectivity index (χ0) is 25.7. The zero-order valence-electron chi connectivity index (χ0n) is 21.3. The molecule has 3 unspecified atom stereocenters. The summed E-state index contributed by atoms with van der Waals surface area (Å²) in [6, 6.07) is 8.05. The van der Waals surface area contributed by atoms with E-state index in [0.717, 1.165) is 72.6 Å². The molecule has 5 N–H and O–H groups in total. The van der Waals surface area contributed by atoms with E-state index in [1.807, 2.05) is 19.1 Å². The third-order valence-corrected chi connectivity index (χ3v) is 9.07. The van der Waals surface area contributed by atoms with Crippen molar-refractivity contribution < 1.29 is 14.3 Å². The molecular formula is C27H34N6O3S. The Labute approximate surface area is 220 Å². The molecule has 0 aromatic carbocycles. The number of hydrogen-bond donors (Lipinski definition) is 3. The number of ether oxygens (including phenoxy) is 2. The second-order valence-electron chi connectivity index (χ2n) is 10.6. The Morgan fingerprint density at radius 3 is 2.86 bits per heavy atom. The molecule has 0 radical (unpaired) electrons. The summed E-state index contributed by atoms with van der Waals surface area (Å²) >= 11 is 1.35. The molecule has 0 bridgehead atoms. The van der Waals surface area contributed by atoms with E-state index < -0.39 is 0 Å². The molecule has 3 aromatic rings. The number of rotatable bonds is 7. The van der Waals surface area contributed by atoms with Gasteiger partial charge >= 0.3 is 0 Å². The van der Waals surface area contributed by atoms with Crippen molar-refractivity contribution in [1.82, 2.24) is 15.3 Å². The number of aryl methyl sites for hydroxylation is 2. The number of methoxy groups -OCH3 is 1. The molecule has 1 amide bonds. The van der Waals surface area contributed by atoms with Crippen molar-refractivity contribution >= 4 is 39.0 Å². The Kier molecular flexibility index (Phi) is 6.30. The van der Waals surface area contributed by atoms with Gasteiger partial charge in [-0.15, -0.1) is 11.3 Å². The van der Waals surface area contributed by atoms with Crippen LogP contribution in [-0.2, 0) is 22.3 Å². The highest BCUT2D eigenvalue weighted by atomic mass is 32.1. The molecule has 1 aliphatic heterocycles. The Morgan fingerprint density at radius 1 is 1.24 bits per heavy atom. The minimum atomic E-state index is -0.130. The highest BCUT2D eigenvalue weighted by Crippen LogP contribution is 2.39. The number of nitrogens with two attached hydrogens (primary N) is 2. The average molecular weight is 523 g/mol. The van der Waals surface area contributed by atoms with Gasteiger partial charge in [0.2, 0.25) is 0 Å². The largest absolute Gasteiger partial charge is 0.397 e. The lowest BCUT2D eigenvalue weighted by Crippen LogP contribution is -2.39. The van der Waals surface area contributed by atoms with E-state index in [4.69, 9.17) is 25.9 Å². The van der Waals surface area contributed by atoms with Gasteiger partial charge in [-0.05, 0) is 62.8 Å². The number of carbonyl (C=O) groups excluding carboxylic acids is 1. The van der Waals surface area contributed by atoms with E-state index in [2.05, 4.69) is 27.3 Å². The summed E-state index contributed by atoms with van der Waals surface area (Å²) in [5, 5.41) is 4.03. The molecule has 196 valence electrons. The van der Waals surface area contributed by atoms with Crippen LogP contribution in [0.5, 0.6) is 0 Å². The van der Waals surface area contributed by atoms with Gasteiger partial charge in [-0.25, -0.2) is 9.97 Å². The van der Waals surface area contributed by atoms with E-state index in [-0.39, 0.29) is 29.7 Å². The van der Waals surface area contributed by atoms with Gasteiger partial charge in [0, 0.05) is 43.0 Å². The Morgan fingerprint density at radius 2 is 2.08 bits per heavy atom. The molecule has 3 aromatic heterocycles. The van der Waals surface area contributed by atoms with Crippen molar-refractivity contribution in [3.8, 4) is 0 Å². The summed E-state index contributed by atoms with van der Waals surface area (Å²) < 4.78 is 11.7. The molecule has 2 fully saturated rings. The number of thiophene rings is 1. The van der Waals surface area contributed by atoms with Gasteiger partial charge in [0.25, 0.3) is 5.91 Å². The molecule has 6 rings (SSSR count). The van der Waals surface area contributed by atoms with Crippen LogP contribution in [0.15, 0.2) is 24.3 Å². The summed E-state index contributed by atoms with van der Waals surface area (Å²) in [4.78, 5) is 26.1. The highest BCUT2D eigenvalue weighted by Gasteiger charge is 2.45. The van der Waals surface area contributed by atoms with Crippen molar-refractivity contribution in [2.45, 2.75) is 62.8 Å². The number of amides is 1. The van der Waals surface area contributed by atoms with Crippen LogP contribution in [0.2, 0.25) is 0 Å². The molecule has 10 heteroatoms. The smallest absolute Gasteiger partial charge is 0.263 e. The van der Waals surface area contributed by atoms with E-state index in [9.17, 15) is 4.79 Å². The van der Waals surface area contributed by atoms with E-state index in [1.54, 1.807) is 7.11 Å². The van der Waals surface area contributed by atoms with Gasteiger partial charge in [0.15, 0.2) is 0 Å². The molecule has 9 nitrogen and oxygen atoms in total. The van der Waals surface area contributed by atoms with Gasteiger partial charge in [-0.1, -0.05) is 6.07 Å². The highest BCUT2D eigenvalue weighted by molar-refractivity contribution is 7.21. The molecule has 1 saturated carbocycles. The van der Waals surface area contributed by atoms with Gasteiger partial charge in [-0.2, -0.15) is 0 Å². The normalized spacial score (nSPS) is 24.3. The van der Waals surface area contributed by atoms with Crippen LogP contribution in [0, 0.1) is 6.92 Å². The van der Waals surface area contributed by atoms with Crippen LogP contribution < -0.4 is 21.7 Å². The molecule has 4 heterocycles. The van der Waals surface area contributed by atoms with E-state index in [1.165, 1.54) is 16.9 Å². The third kappa shape index (κ3) is 4.79. The number of nitrogens with one attached hydrogen (secondary N) is 1. The van der Waals surface area contributed by atoms with Crippen molar-refractivity contribution in [3.63, 3.8) is 0 Å². The predicted molar refractivity (Wildman–Crippen MR) is 145 cm³/mol. The van der Waals surface area contributed by atoms with Gasteiger partial charge in [0.1, 0.15) is 15.5 Å². The number of anilines is 2. The average Bonchev–Trinajstić information content (AvgIpc) is 3.48. The van der Waals surface area contributed by atoms with Crippen molar-refractivity contribution in [2.75, 3.05) is 37.4 Å². The second-order valence-corrected chi connectivity index (χ2v) is 11.6. The first-order valence-electron chi connectivity index (χ1n) is 13.0. The van der Waals surface area contributed by atoms with Crippen LogP contribution in [0.4, 0.5) is 11.5 Å². The minimum absolute atomic E-state index is 0.0227. The maximum atomic E-state index is 13.1. The van der Waals surface area contributed by atoms with Gasteiger partial charge < -0.3 is 31.2 Å². The zero-order valence-corrected chi connectivity index (χ0v) is 22.1. The molecule has 1 saturated heterocycles. The Hall–Kier alpha value is -2.79. The van der Waals surface area contributed by atoms with Crippen molar-refractivity contribution in [1.29, 1.82) is 0 Å². The molecule has 2 aliphatic carbocycles. The lowest BCUT2D eigenvalue weighted by atomic mass is 9.91. The topological polar surface area (TPSA) is 129 Å². The molecule has 3 aliphatic rings. The van der Waals surface area contributed by atoms with E-state index >= 15 is 0 Å². The number of nitrogen functional groups attached to an aromatic ring is 1. The minimum Gasteiger partial charge on any atom is -0.397 e. The summed E-state index contributed by atoms with van der Waals surface area (Å²) in [6.45, 7) is 3.99. The van der Waals surface area contributed by atoms with Gasteiger partial charge in [0.05, 0.1) is 30.0 Å². The van der Waals surface area contributed by atoms with Crippen LogP contribution in [-0.4, -0.2) is 66.5 Å².